The van der Waals surface area contributed by atoms with E-state index in [4.69, 9.17) is 0 Å². The molecule has 4 rings (SSSR count). The zero-order valence-corrected chi connectivity index (χ0v) is 11.9. The van der Waals surface area contributed by atoms with Crippen molar-refractivity contribution in [2.45, 2.75) is 6.54 Å². The zero-order valence-electron chi connectivity index (χ0n) is 11.1. The number of aromatic nitrogens is 3. The Balaban J connectivity index is 1.77. The van der Waals surface area contributed by atoms with Crippen molar-refractivity contribution in [1.82, 2.24) is 20.1 Å². The number of thiophene rings is 1. The Kier molecular flexibility index (Phi) is 2.82. The molecule has 5 nitrogen and oxygen atoms in total. The lowest BCUT2D eigenvalue weighted by Gasteiger charge is -2.13. The summed E-state index contributed by atoms with van der Waals surface area (Å²) in [6.07, 6.45) is 1.78. The maximum atomic E-state index is 11.8. The van der Waals surface area contributed by atoms with Crippen LogP contribution >= 0.6 is 11.3 Å². The highest BCUT2D eigenvalue weighted by Crippen LogP contribution is 2.26. The molecule has 6 heteroatoms. The van der Waals surface area contributed by atoms with Crippen LogP contribution in [0, 0.1) is 0 Å². The van der Waals surface area contributed by atoms with Crippen LogP contribution in [0.3, 0.4) is 0 Å². The molecule has 1 amide bonds. The lowest BCUT2D eigenvalue weighted by atomic mass is 10.1. The molecular weight excluding hydrogens is 284 g/mol. The van der Waals surface area contributed by atoms with Crippen molar-refractivity contribution in [3.05, 3.63) is 46.9 Å². The average molecular weight is 296 g/mol. The highest BCUT2D eigenvalue weighted by Gasteiger charge is 2.19. The van der Waals surface area contributed by atoms with Crippen LogP contribution in [-0.2, 0) is 6.54 Å². The van der Waals surface area contributed by atoms with Crippen molar-refractivity contribution in [2.75, 3.05) is 6.54 Å². The zero-order chi connectivity index (χ0) is 14.2. The summed E-state index contributed by atoms with van der Waals surface area (Å²) in [4.78, 5) is 16.2. The Morgan fingerprint density at radius 1 is 1.19 bits per heavy atom. The van der Waals surface area contributed by atoms with Crippen molar-refractivity contribution in [1.29, 1.82) is 0 Å². The SMILES string of the molecule is O=C1NCCn2nc(-c3ccnc(-c4ccsc4)c3)cc21. The van der Waals surface area contributed by atoms with Gasteiger partial charge in [-0.25, -0.2) is 0 Å². The van der Waals surface area contributed by atoms with Crippen LogP contribution in [0.4, 0.5) is 0 Å². The van der Waals surface area contributed by atoms with Crippen LogP contribution in [0.25, 0.3) is 22.5 Å². The average Bonchev–Trinajstić information content (AvgIpc) is 3.18. The highest BCUT2D eigenvalue weighted by molar-refractivity contribution is 7.08. The summed E-state index contributed by atoms with van der Waals surface area (Å²) in [5, 5.41) is 11.4. The molecule has 0 saturated heterocycles. The first-order valence-electron chi connectivity index (χ1n) is 6.66. The number of rotatable bonds is 2. The largest absolute Gasteiger partial charge is 0.349 e. The molecule has 1 aliphatic rings. The van der Waals surface area contributed by atoms with Gasteiger partial charge in [-0.2, -0.15) is 16.4 Å². The molecule has 0 unspecified atom stereocenters. The molecule has 104 valence electrons. The molecule has 0 atom stereocenters. The predicted molar refractivity (Wildman–Crippen MR) is 81.1 cm³/mol. The fraction of sp³-hybridized carbons (Fsp3) is 0.133. The number of nitrogens with one attached hydrogen (secondary N) is 1. The lowest BCUT2D eigenvalue weighted by Crippen LogP contribution is -2.35. The highest BCUT2D eigenvalue weighted by atomic mass is 32.1. The van der Waals surface area contributed by atoms with Gasteiger partial charge in [-0.1, -0.05) is 0 Å². The molecule has 3 aromatic heterocycles. The van der Waals surface area contributed by atoms with E-state index < -0.39 is 0 Å². The van der Waals surface area contributed by atoms with E-state index in [2.05, 4.69) is 20.8 Å². The number of nitrogens with zero attached hydrogens (tertiary/aromatic N) is 3. The molecule has 4 heterocycles. The van der Waals surface area contributed by atoms with Crippen LogP contribution < -0.4 is 5.32 Å². The number of amides is 1. The lowest BCUT2D eigenvalue weighted by molar-refractivity contribution is 0.0924. The Morgan fingerprint density at radius 3 is 2.95 bits per heavy atom. The fourth-order valence-corrected chi connectivity index (χ4v) is 3.08. The van der Waals surface area contributed by atoms with Gasteiger partial charge in [0.05, 0.1) is 17.9 Å². The molecule has 1 aliphatic heterocycles. The second kappa shape index (κ2) is 4.82. The summed E-state index contributed by atoms with van der Waals surface area (Å²) in [6.45, 7) is 1.34. The second-order valence-electron chi connectivity index (χ2n) is 4.84. The molecule has 0 radical (unpaired) electrons. The Hall–Kier alpha value is -2.47. The minimum absolute atomic E-state index is 0.0629. The number of pyridine rings is 1. The molecule has 0 bridgehead atoms. The minimum Gasteiger partial charge on any atom is -0.349 e. The van der Waals surface area contributed by atoms with Gasteiger partial charge in [-0.15, -0.1) is 0 Å². The number of carbonyl (C=O) groups is 1. The van der Waals surface area contributed by atoms with Crippen LogP contribution in [0.1, 0.15) is 10.5 Å². The summed E-state index contributed by atoms with van der Waals surface area (Å²) in [5.74, 6) is -0.0629. The van der Waals surface area contributed by atoms with E-state index >= 15 is 0 Å². The van der Waals surface area contributed by atoms with Gasteiger partial charge in [0.25, 0.3) is 5.91 Å². The van der Waals surface area contributed by atoms with Crippen LogP contribution in [0.15, 0.2) is 41.2 Å². The molecule has 0 fully saturated rings. The maximum absolute atomic E-state index is 11.8. The molecule has 3 aromatic rings. The summed E-state index contributed by atoms with van der Waals surface area (Å²) < 4.78 is 1.76. The van der Waals surface area contributed by atoms with E-state index in [1.807, 2.05) is 29.6 Å². The Labute approximate surface area is 125 Å². The summed E-state index contributed by atoms with van der Waals surface area (Å²) in [6, 6.07) is 7.81. The van der Waals surface area contributed by atoms with E-state index in [9.17, 15) is 4.79 Å². The predicted octanol–water partition coefficient (Wildman–Crippen LogP) is 2.42. The molecule has 0 aromatic carbocycles. The number of hydrogen-bond acceptors (Lipinski definition) is 4. The first kappa shape index (κ1) is 12.3. The smallest absolute Gasteiger partial charge is 0.269 e. The van der Waals surface area contributed by atoms with Crippen molar-refractivity contribution < 1.29 is 4.79 Å². The fourth-order valence-electron chi connectivity index (χ4n) is 2.43. The van der Waals surface area contributed by atoms with Crippen LogP contribution in [0.2, 0.25) is 0 Å². The van der Waals surface area contributed by atoms with Gasteiger partial charge in [0.1, 0.15) is 5.69 Å². The maximum Gasteiger partial charge on any atom is 0.269 e. The van der Waals surface area contributed by atoms with E-state index in [0.29, 0.717) is 18.8 Å². The third kappa shape index (κ3) is 2.13. The van der Waals surface area contributed by atoms with Gasteiger partial charge in [0, 0.05) is 29.2 Å². The van der Waals surface area contributed by atoms with Crippen LogP contribution in [0.5, 0.6) is 0 Å². The van der Waals surface area contributed by atoms with E-state index in [-0.39, 0.29) is 5.91 Å². The summed E-state index contributed by atoms with van der Waals surface area (Å²) in [7, 11) is 0. The Bertz CT molecular complexity index is 807. The second-order valence-corrected chi connectivity index (χ2v) is 5.62. The van der Waals surface area contributed by atoms with Gasteiger partial charge >= 0.3 is 0 Å². The first-order valence-corrected chi connectivity index (χ1v) is 7.60. The van der Waals surface area contributed by atoms with Gasteiger partial charge in [-0.3, -0.25) is 14.5 Å². The molecule has 0 spiro atoms. The van der Waals surface area contributed by atoms with Gasteiger partial charge in [-0.05, 0) is 29.6 Å². The summed E-state index contributed by atoms with van der Waals surface area (Å²) >= 11 is 1.65. The number of carbonyl (C=O) groups excluding carboxylic acids is 1. The van der Waals surface area contributed by atoms with Crippen molar-refractivity contribution in [2.24, 2.45) is 0 Å². The van der Waals surface area contributed by atoms with E-state index in [1.165, 1.54) is 0 Å². The number of fused-ring (bicyclic) bond motifs is 1. The number of hydrogen-bond donors (Lipinski definition) is 1. The van der Waals surface area contributed by atoms with E-state index in [0.717, 1.165) is 22.5 Å². The van der Waals surface area contributed by atoms with Gasteiger partial charge < -0.3 is 5.32 Å². The monoisotopic (exact) mass is 296 g/mol. The van der Waals surface area contributed by atoms with Crippen molar-refractivity contribution in [3.8, 4) is 22.5 Å². The minimum atomic E-state index is -0.0629. The molecular formula is C15H12N4OS. The molecule has 0 aliphatic carbocycles. The summed E-state index contributed by atoms with van der Waals surface area (Å²) in [5.41, 5.74) is 4.42. The van der Waals surface area contributed by atoms with E-state index in [1.54, 1.807) is 22.2 Å². The molecule has 0 saturated carbocycles. The van der Waals surface area contributed by atoms with Gasteiger partial charge in [0.15, 0.2) is 0 Å². The molecule has 21 heavy (non-hydrogen) atoms. The van der Waals surface area contributed by atoms with Crippen molar-refractivity contribution in [3.63, 3.8) is 0 Å². The normalized spacial score (nSPS) is 13.8. The van der Waals surface area contributed by atoms with Crippen molar-refractivity contribution >= 4 is 17.2 Å². The first-order chi connectivity index (χ1) is 10.3. The standard InChI is InChI=1S/C15H12N4OS/c20-15-14-8-13(18-19(14)5-4-17-15)10-1-3-16-12(7-10)11-2-6-21-9-11/h1-3,6-9H,4-5H2,(H,17,20). The third-order valence-corrected chi connectivity index (χ3v) is 4.18. The molecule has 1 N–H and O–H groups in total. The Morgan fingerprint density at radius 2 is 2.14 bits per heavy atom. The van der Waals surface area contributed by atoms with Crippen LogP contribution in [-0.4, -0.2) is 27.2 Å². The topological polar surface area (TPSA) is 59.8 Å². The third-order valence-electron chi connectivity index (χ3n) is 3.49. The van der Waals surface area contributed by atoms with Gasteiger partial charge in [0.2, 0.25) is 0 Å². The quantitative estimate of drug-likeness (QED) is 0.790.